The van der Waals surface area contributed by atoms with E-state index in [0.29, 0.717) is 0 Å². The normalized spacial score (nSPS) is 11.0. The number of benzene rings is 2. The third-order valence-electron chi connectivity index (χ3n) is 3.35. The Morgan fingerprint density at radius 2 is 1.84 bits per heavy atom. The Morgan fingerprint density at radius 3 is 2.63 bits per heavy atom. The van der Waals surface area contributed by atoms with Crippen molar-refractivity contribution in [1.29, 1.82) is 0 Å². The summed E-state index contributed by atoms with van der Waals surface area (Å²) in [6.45, 7) is 0.919. The van der Waals surface area contributed by atoms with E-state index in [2.05, 4.69) is 29.4 Å². The SMILES string of the molecule is OCc1ccc2cnn(CCc3ccccc3)c2c1. The number of aliphatic hydroxyl groups excluding tert-OH is 1. The van der Waals surface area contributed by atoms with E-state index in [1.165, 1.54) is 5.56 Å². The number of aromatic nitrogens is 2. The molecule has 0 aliphatic carbocycles. The lowest BCUT2D eigenvalue weighted by atomic mass is 10.1. The molecule has 2 aromatic carbocycles. The van der Waals surface area contributed by atoms with Crippen molar-refractivity contribution in [2.24, 2.45) is 0 Å². The molecule has 1 heterocycles. The Labute approximate surface area is 112 Å². The molecule has 0 radical (unpaired) electrons. The summed E-state index contributed by atoms with van der Waals surface area (Å²) in [7, 11) is 0. The van der Waals surface area contributed by atoms with Crippen molar-refractivity contribution in [1.82, 2.24) is 9.78 Å². The number of rotatable bonds is 4. The lowest BCUT2D eigenvalue weighted by Crippen LogP contribution is -2.03. The van der Waals surface area contributed by atoms with Gasteiger partial charge in [-0.2, -0.15) is 5.10 Å². The molecule has 0 unspecified atom stereocenters. The van der Waals surface area contributed by atoms with E-state index in [-0.39, 0.29) is 6.61 Å². The molecule has 3 heteroatoms. The fourth-order valence-electron chi connectivity index (χ4n) is 2.27. The Morgan fingerprint density at radius 1 is 1.00 bits per heavy atom. The predicted molar refractivity (Wildman–Crippen MR) is 75.8 cm³/mol. The minimum atomic E-state index is 0.0693. The van der Waals surface area contributed by atoms with Crippen LogP contribution >= 0.6 is 0 Å². The molecule has 96 valence electrons. The lowest BCUT2D eigenvalue weighted by molar-refractivity contribution is 0.282. The van der Waals surface area contributed by atoms with Gasteiger partial charge in [-0.05, 0) is 23.6 Å². The molecule has 0 bridgehead atoms. The van der Waals surface area contributed by atoms with Crippen molar-refractivity contribution in [3.8, 4) is 0 Å². The number of aliphatic hydroxyl groups is 1. The molecule has 1 aromatic heterocycles. The highest BCUT2D eigenvalue weighted by Gasteiger charge is 2.03. The number of hydrogen-bond donors (Lipinski definition) is 1. The van der Waals surface area contributed by atoms with Crippen LogP contribution in [0.3, 0.4) is 0 Å². The van der Waals surface area contributed by atoms with E-state index >= 15 is 0 Å². The standard InChI is InChI=1S/C16H16N2O/c19-12-14-6-7-15-11-17-18(16(15)10-14)9-8-13-4-2-1-3-5-13/h1-7,10-11,19H,8-9,12H2. The maximum absolute atomic E-state index is 9.20. The number of aryl methyl sites for hydroxylation is 2. The first-order valence-electron chi connectivity index (χ1n) is 6.46. The van der Waals surface area contributed by atoms with Crippen LogP contribution in [0.4, 0.5) is 0 Å². The van der Waals surface area contributed by atoms with Crippen LogP contribution in [0.2, 0.25) is 0 Å². The molecule has 0 saturated heterocycles. The second-order valence-corrected chi connectivity index (χ2v) is 4.65. The van der Waals surface area contributed by atoms with Gasteiger partial charge in [-0.1, -0.05) is 42.5 Å². The largest absolute Gasteiger partial charge is 0.392 e. The van der Waals surface area contributed by atoms with Gasteiger partial charge in [0.15, 0.2) is 0 Å². The van der Waals surface area contributed by atoms with Crippen LogP contribution < -0.4 is 0 Å². The third-order valence-corrected chi connectivity index (χ3v) is 3.35. The summed E-state index contributed by atoms with van der Waals surface area (Å²) in [5.41, 5.74) is 3.32. The number of hydrogen-bond acceptors (Lipinski definition) is 2. The van der Waals surface area contributed by atoms with Gasteiger partial charge in [0.2, 0.25) is 0 Å². The first-order chi connectivity index (χ1) is 9.36. The summed E-state index contributed by atoms with van der Waals surface area (Å²) in [6.07, 6.45) is 2.84. The van der Waals surface area contributed by atoms with Crippen LogP contribution in [0, 0.1) is 0 Å². The quantitative estimate of drug-likeness (QED) is 0.775. The molecule has 0 atom stereocenters. The average molecular weight is 252 g/mol. The van der Waals surface area contributed by atoms with Crippen LogP contribution in [0.5, 0.6) is 0 Å². The van der Waals surface area contributed by atoms with Crippen LogP contribution in [-0.2, 0) is 19.6 Å². The van der Waals surface area contributed by atoms with E-state index in [9.17, 15) is 5.11 Å². The first-order valence-corrected chi connectivity index (χ1v) is 6.46. The van der Waals surface area contributed by atoms with Gasteiger partial charge in [-0.25, -0.2) is 0 Å². The average Bonchev–Trinajstić information content (AvgIpc) is 2.88. The highest BCUT2D eigenvalue weighted by molar-refractivity contribution is 5.79. The predicted octanol–water partition coefficient (Wildman–Crippen LogP) is 2.77. The highest BCUT2D eigenvalue weighted by Crippen LogP contribution is 2.16. The van der Waals surface area contributed by atoms with Crippen molar-refractivity contribution in [2.75, 3.05) is 0 Å². The van der Waals surface area contributed by atoms with Crippen LogP contribution in [0.25, 0.3) is 10.9 Å². The smallest absolute Gasteiger partial charge is 0.0686 e. The van der Waals surface area contributed by atoms with Gasteiger partial charge in [-0.3, -0.25) is 4.68 Å². The van der Waals surface area contributed by atoms with Gasteiger partial charge in [0.05, 0.1) is 18.3 Å². The van der Waals surface area contributed by atoms with Crippen LogP contribution in [-0.4, -0.2) is 14.9 Å². The molecular formula is C16H16N2O. The molecule has 19 heavy (non-hydrogen) atoms. The minimum absolute atomic E-state index is 0.0693. The number of fused-ring (bicyclic) bond motifs is 1. The van der Waals surface area contributed by atoms with Gasteiger partial charge in [0.1, 0.15) is 0 Å². The summed E-state index contributed by atoms with van der Waals surface area (Å²) >= 11 is 0. The van der Waals surface area contributed by atoms with Crippen LogP contribution in [0.15, 0.2) is 54.7 Å². The van der Waals surface area contributed by atoms with E-state index in [0.717, 1.165) is 29.4 Å². The van der Waals surface area contributed by atoms with Crippen molar-refractivity contribution in [3.63, 3.8) is 0 Å². The zero-order valence-corrected chi connectivity index (χ0v) is 10.7. The highest BCUT2D eigenvalue weighted by atomic mass is 16.3. The van der Waals surface area contributed by atoms with E-state index in [1.807, 2.05) is 35.1 Å². The van der Waals surface area contributed by atoms with Crippen molar-refractivity contribution < 1.29 is 5.11 Å². The maximum Gasteiger partial charge on any atom is 0.0686 e. The summed E-state index contributed by atoms with van der Waals surface area (Å²) < 4.78 is 2.00. The second kappa shape index (κ2) is 5.24. The topological polar surface area (TPSA) is 38.1 Å². The Balaban J connectivity index is 1.84. The van der Waals surface area contributed by atoms with Gasteiger partial charge in [0.25, 0.3) is 0 Å². The number of nitrogens with zero attached hydrogens (tertiary/aromatic N) is 2. The fourth-order valence-corrected chi connectivity index (χ4v) is 2.27. The molecule has 0 spiro atoms. The lowest BCUT2D eigenvalue weighted by Gasteiger charge is -2.05. The second-order valence-electron chi connectivity index (χ2n) is 4.65. The maximum atomic E-state index is 9.20. The fraction of sp³-hybridized carbons (Fsp3) is 0.188. The van der Waals surface area contributed by atoms with Gasteiger partial charge in [-0.15, -0.1) is 0 Å². The molecule has 3 rings (SSSR count). The van der Waals surface area contributed by atoms with Gasteiger partial charge in [0, 0.05) is 11.9 Å². The molecule has 0 aliphatic rings. The zero-order valence-electron chi connectivity index (χ0n) is 10.7. The monoisotopic (exact) mass is 252 g/mol. The van der Waals surface area contributed by atoms with Gasteiger partial charge < -0.3 is 5.11 Å². The summed E-state index contributed by atoms with van der Waals surface area (Å²) in [6, 6.07) is 16.3. The molecule has 1 N–H and O–H groups in total. The Bertz CT molecular complexity index is 674. The molecule has 0 aliphatic heterocycles. The zero-order chi connectivity index (χ0) is 13.1. The van der Waals surface area contributed by atoms with Crippen molar-refractivity contribution in [2.45, 2.75) is 19.6 Å². The summed E-state index contributed by atoms with van der Waals surface area (Å²) in [5, 5.41) is 14.7. The summed E-state index contributed by atoms with van der Waals surface area (Å²) in [4.78, 5) is 0. The molecule has 3 aromatic rings. The third kappa shape index (κ3) is 2.51. The molecule has 0 amide bonds. The summed E-state index contributed by atoms with van der Waals surface area (Å²) in [5.74, 6) is 0. The Hall–Kier alpha value is -2.13. The van der Waals surface area contributed by atoms with Crippen LogP contribution in [0.1, 0.15) is 11.1 Å². The minimum Gasteiger partial charge on any atom is -0.392 e. The molecule has 0 fully saturated rings. The van der Waals surface area contributed by atoms with E-state index < -0.39 is 0 Å². The van der Waals surface area contributed by atoms with Crippen molar-refractivity contribution >= 4 is 10.9 Å². The van der Waals surface area contributed by atoms with Gasteiger partial charge >= 0.3 is 0 Å². The molecular weight excluding hydrogens is 236 g/mol. The first kappa shape index (κ1) is 11.9. The Kier molecular flexibility index (Phi) is 3.29. The molecule has 3 nitrogen and oxygen atoms in total. The molecule has 0 saturated carbocycles. The van der Waals surface area contributed by atoms with Crippen molar-refractivity contribution in [3.05, 3.63) is 65.9 Å². The van der Waals surface area contributed by atoms with E-state index in [1.54, 1.807) is 0 Å². The van der Waals surface area contributed by atoms with E-state index in [4.69, 9.17) is 0 Å².